The van der Waals surface area contributed by atoms with Crippen LogP contribution in [0.3, 0.4) is 0 Å². The first kappa shape index (κ1) is 21.0. The third-order valence-electron chi connectivity index (χ3n) is 6.00. The summed E-state index contributed by atoms with van der Waals surface area (Å²) in [6.45, 7) is 0.888. The van der Waals surface area contributed by atoms with E-state index >= 15 is 0 Å². The summed E-state index contributed by atoms with van der Waals surface area (Å²) in [6, 6.07) is 9.51. The van der Waals surface area contributed by atoms with Crippen LogP contribution >= 0.6 is 0 Å². The topological polar surface area (TPSA) is 90.1 Å². The highest BCUT2D eigenvalue weighted by atomic mass is 19.4. The van der Waals surface area contributed by atoms with E-state index in [1.807, 2.05) is 17.7 Å². The largest absolute Gasteiger partial charge is 0.418 e. The Kier molecular flexibility index (Phi) is 4.65. The highest BCUT2D eigenvalue weighted by Gasteiger charge is 2.42. The minimum atomic E-state index is -4.72. The number of hydrogen-bond donors (Lipinski definition) is 0. The van der Waals surface area contributed by atoms with Gasteiger partial charge in [0.05, 0.1) is 35.5 Å². The zero-order valence-corrected chi connectivity index (χ0v) is 17.4. The molecule has 1 saturated heterocycles. The van der Waals surface area contributed by atoms with Crippen LogP contribution in [0.1, 0.15) is 22.5 Å². The van der Waals surface area contributed by atoms with Crippen molar-refractivity contribution in [1.29, 1.82) is 5.26 Å². The molecule has 0 spiro atoms. The molecule has 0 atom stereocenters. The molecular weight excluding hydrogens is 437 g/mol. The molecule has 1 aliphatic heterocycles. The van der Waals surface area contributed by atoms with Gasteiger partial charge in [-0.2, -0.15) is 18.4 Å². The fourth-order valence-electron chi connectivity index (χ4n) is 4.14. The molecule has 4 aromatic rings. The Hall–Kier alpha value is -3.91. The average molecular weight is 454 g/mol. The summed E-state index contributed by atoms with van der Waals surface area (Å²) < 4.78 is 50.1. The number of imidazole rings is 1. The standard InChI is InChI=1S/C22H17F3N6O2/c1-29-13-27-28-19(29)7-21(11-33-12-21)15-3-2-4-16(6-15)30-10-18-17(22(23,24)25)5-14(8-26)9-31(18)20(30)32/h2-6,9-10,13H,7,11-12H2,1H3. The van der Waals surface area contributed by atoms with Gasteiger partial charge in [0.1, 0.15) is 18.2 Å². The van der Waals surface area contributed by atoms with Gasteiger partial charge in [-0.15, -0.1) is 10.2 Å². The first-order valence-corrected chi connectivity index (χ1v) is 9.98. The van der Waals surface area contributed by atoms with Gasteiger partial charge in [0.25, 0.3) is 0 Å². The van der Waals surface area contributed by atoms with Crippen LogP contribution in [0, 0.1) is 11.3 Å². The Bertz CT molecular complexity index is 1470. The van der Waals surface area contributed by atoms with Gasteiger partial charge in [0.15, 0.2) is 0 Å². The monoisotopic (exact) mass is 454 g/mol. The summed E-state index contributed by atoms with van der Waals surface area (Å²) in [4.78, 5) is 13.0. The lowest BCUT2D eigenvalue weighted by molar-refractivity contribution is -0.136. The Morgan fingerprint density at radius 1 is 1.24 bits per heavy atom. The number of aryl methyl sites for hydroxylation is 1. The molecule has 3 aromatic heterocycles. The number of alkyl halides is 3. The van der Waals surface area contributed by atoms with Crippen LogP contribution in [-0.4, -0.2) is 36.9 Å². The first-order chi connectivity index (χ1) is 15.7. The summed E-state index contributed by atoms with van der Waals surface area (Å²) >= 11 is 0. The Labute approximate surface area is 185 Å². The maximum absolute atomic E-state index is 13.6. The van der Waals surface area contributed by atoms with Crippen LogP contribution < -0.4 is 5.69 Å². The lowest BCUT2D eigenvalue weighted by Gasteiger charge is -2.41. The van der Waals surface area contributed by atoms with Crippen molar-refractivity contribution in [2.75, 3.05) is 13.2 Å². The summed E-state index contributed by atoms with van der Waals surface area (Å²) in [6.07, 6.45) is -0.287. The average Bonchev–Trinajstić information content (AvgIpc) is 3.32. The number of benzene rings is 1. The molecule has 4 heterocycles. The van der Waals surface area contributed by atoms with Gasteiger partial charge in [-0.1, -0.05) is 12.1 Å². The molecule has 168 valence electrons. The fourth-order valence-corrected chi connectivity index (χ4v) is 4.14. The molecule has 0 N–H and O–H groups in total. The first-order valence-electron chi connectivity index (χ1n) is 9.98. The second-order valence-corrected chi connectivity index (χ2v) is 8.15. The number of nitrogens with zero attached hydrogens (tertiary/aromatic N) is 6. The molecule has 1 fully saturated rings. The van der Waals surface area contributed by atoms with Crippen molar-refractivity contribution in [3.63, 3.8) is 0 Å². The molecule has 0 amide bonds. The molecule has 8 nitrogen and oxygen atoms in total. The van der Waals surface area contributed by atoms with E-state index in [0.717, 1.165) is 38.8 Å². The van der Waals surface area contributed by atoms with E-state index in [9.17, 15) is 18.0 Å². The second-order valence-electron chi connectivity index (χ2n) is 8.15. The highest BCUT2D eigenvalue weighted by molar-refractivity contribution is 5.59. The van der Waals surface area contributed by atoms with E-state index in [4.69, 9.17) is 10.00 Å². The number of ether oxygens (including phenoxy) is 1. The van der Waals surface area contributed by atoms with Crippen molar-refractivity contribution in [3.8, 4) is 11.8 Å². The van der Waals surface area contributed by atoms with Crippen molar-refractivity contribution < 1.29 is 17.9 Å². The number of halogens is 3. The molecule has 0 radical (unpaired) electrons. The van der Waals surface area contributed by atoms with E-state index in [2.05, 4.69) is 10.2 Å². The van der Waals surface area contributed by atoms with Gasteiger partial charge >= 0.3 is 11.9 Å². The normalized spacial score (nSPS) is 15.4. The van der Waals surface area contributed by atoms with Gasteiger partial charge in [0, 0.05) is 31.3 Å². The van der Waals surface area contributed by atoms with Crippen molar-refractivity contribution in [2.24, 2.45) is 7.05 Å². The van der Waals surface area contributed by atoms with Gasteiger partial charge in [-0.25, -0.2) is 4.79 Å². The van der Waals surface area contributed by atoms with Crippen LogP contribution in [0.4, 0.5) is 13.2 Å². The summed E-state index contributed by atoms with van der Waals surface area (Å²) in [5.74, 6) is 0.773. The predicted octanol–water partition coefficient (Wildman–Crippen LogP) is 2.62. The quantitative estimate of drug-likeness (QED) is 0.473. The number of nitriles is 1. The summed E-state index contributed by atoms with van der Waals surface area (Å²) in [5.41, 5.74) is -1.40. The smallest absolute Gasteiger partial charge is 0.379 e. The predicted molar refractivity (Wildman–Crippen MR) is 110 cm³/mol. The van der Waals surface area contributed by atoms with Crippen LogP contribution in [0.25, 0.3) is 11.2 Å². The Balaban J connectivity index is 1.63. The number of rotatable bonds is 4. The second kappa shape index (κ2) is 7.31. The summed E-state index contributed by atoms with van der Waals surface area (Å²) in [7, 11) is 1.85. The van der Waals surface area contributed by atoms with Gasteiger partial charge < -0.3 is 9.30 Å². The van der Waals surface area contributed by atoms with Gasteiger partial charge in [-0.05, 0) is 23.8 Å². The minimum absolute atomic E-state index is 0.252. The zero-order valence-electron chi connectivity index (χ0n) is 17.4. The Morgan fingerprint density at radius 3 is 2.64 bits per heavy atom. The van der Waals surface area contributed by atoms with Crippen LogP contribution in [0.2, 0.25) is 0 Å². The zero-order chi connectivity index (χ0) is 23.4. The molecule has 0 saturated carbocycles. The molecule has 1 aliphatic rings. The Morgan fingerprint density at radius 2 is 2.03 bits per heavy atom. The third-order valence-corrected chi connectivity index (χ3v) is 6.00. The lowest BCUT2D eigenvalue weighted by atomic mass is 9.75. The van der Waals surface area contributed by atoms with Crippen LogP contribution in [0.5, 0.6) is 0 Å². The number of pyridine rings is 1. The molecule has 5 rings (SSSR count). The molecule has 1 aromatic carbocycles. The third kappa shape index (κ3) is 3.39. The van der Waals surface area contributed by atoms with Crippen LogP contribution in [-0.2, 0) is 29.8 Å². The fraction of sp³-hybridized carbons (Fsp3) is 0.273. The van der Waals surface area contributed by atoms with Crippen molar-refractivity contribution in [3.05, 3.63) is 82.1 Å². The van der Waals surface area contributed by atoms with Crippen molar-refractivity contribution >= 4 is 5.52 Å². The van der Waals surface area contributed by atoms with Gasteiger partial charge in [-0.3, -0.25) is 8.97 Å². The van der Waals surface area contributed by atoms with Gasteiger partial charge in [0.2, 0.25) is 0 Å². The molecule has 0 aliphatic carbocycles. The molecular formula is C22H17F3N6O2. The lowest BCUT2D eigenvalue weighted by Crippen LogP contribution is -2.49. The van der Waals surface area contributed by atoms with Crippen molar-refractivity contribution in [2.45, 2.75) is 18.0 Å². The van der Waals surface area contributed by atoms with Crippen molar-refractivity contribution in [1.82, 2.24) is 23.7 Å². The number of aromatic nitrogens is 5. The van der Waals surface area contributed by atoms with E-state index < -0.39 is 17.4 Å². The molecule has 0 bridgehead atoms. The highest BCUT2D eigenvalue weighted by Crippen LogP contribution is 2.37. The van der Waals surface area contributed by atoms with E-state index in [0.29, 0.717) is 25.3 Å². The maximum Gasteiger partial charge on any atom is 0.418 e. The molecule has 33 heavy (non-hydrogen) atoms. The number of fused-ring (bicyclic) bond motifs is 1. The van der Waals surface area contributed by atoms with E-state index in [-0.39, 0.29) is 16.5 Å². The van der Waals surface area contributed by atoms with E-state index in [1.54, 1.807) is 30.6 Å². The molecule has 0 unspecified atom stereocenters. The molecule has 11 heteroatoms. The minimum Gasteiger partial charge on any atom is -0.379 e. The van der Waals surface area contributed by atoms with E-state index in [1.165, 1.54) is 0 Å². The maximum atomic E-state index is 13.6. The van der Waals surface area contributed by atoms with Crippen LogP contribution in [0.15, 0.2) is 53.8 Å². The number of hydrogen-bond acceptors (Lipinski definition) is 5. The summed E-state index contributed by atoms with van der Waals surface area (Å²) in [5, 5.41) is 17.2. The SMILES string of the molecule is Cn1cnnc1CC1(c2cccc(-n3cc4c(C(F)(F)F)cc(C#N)cn4c3=O)c2)COC1.